The second kappa shape index (κ2) is 7.51. The van der Waals surface area contributed by atoms with E-state index < -0.39 is 47.4 Å². The fraction of sp³-hybridized carbons (Fsp3) is 0.100. The summed E-state index contributed by atoms with van der Waals surface area (Å²) in [6.07, 6.45) is 1.40. The zero-order chi connectivity index (χ0) is 20.4. The molecule has 1 aliphatic rings. The third-order valence-electron chi connectivity index (χ3n) is 4.08. The number of ketones is 1. The Balaban J connectivity index is 1.74. The molecule has 1 heterocycles. The van der Waals surface area contributed by atoms with Gasteiger partial charge in [0.15, 0.2) is 6.61 Å². The molecule has 8 heteroatoms. The first-order valence-electron chi connectivity index (χ1n) is 8.10. The first-order valence-corrected chi connectivity index (χ1v) is 8.10. The standard InChI is InChI=1S/C20H13F2NO5/c1-2-7-23-18(25)13-5-3-11(8-14(13)19(23)26)20(27)28-10-17(24)15-9-12(21)4-6-16(15)22/h2-6,8-9H,1,7,10H2. The van der Waals surface area contributed by atoms with Gasteiger partial charge in [-0.05, 0) is 36.4 Å². The lowest BCUT2D eigenvalue weighted by molar-refractivity contribution is 0.0473. The van der Waals surface area contributed by atoms with Gasteiger partial charge < -0.3 is 4.74 Å². The molecule has 0 spiro atoms. The van der Waals surface area contributed by atoms with Gasteiger partial charge in [0.05, 0.1) is 22.3 Å². The monoisotopic (exact) mass is 385 g/mol. The Morgan fingerprint density at radius 1 is 1.04 bits per heavy atom. The van der Waals surface area contributed by atoms with Crippen LogP contribution < -0.4 is 0 Å². The maximum absolute atomic E-state index is 13.6. The molecule has 2 aromatic rings. The molecule has 0 fully saturated rings. The summed E-state index contributed by atoms with van der Waals surface area (Å²) in [5, 5.41) is 0. The van der Waals surface area contributed by atoms with Crippen LogP contribution in [0.3, 0.4) is 0 Å². The van der Waals surface area contributed by atoms with Gasteiger partial charge in [0, 0.05) is 6.54 Å². The number of nitrogens with zero attached hydrogens (tertiary/aromatic N) is 1. The van der Waals surface area contributed by atoms with E-state index in [1.165, 1.54) is 24.3 Å². The molecule has 6 nitrogen and oxygen atoms in total. The van der Waals surface area contributed by atoms with Crippen molar-refractivity contribution in [2.75, 3.05) is 13.2 Å². The van der Waals surface area contributed by atoms with Crippen LogP contribution in [-0.4, -0.2) is 41.6 Å². The van der Waals surface area contributed by atoms with E-state index in [0.29, 0.717) is 6.07 Å². The molecule has 0 unspecified atom stereocenters. The summed E-state index contributed by atoms with van der Waals surface area (Å²) in [6, 6.07) is 6.13. The van der Waals surface area contributed by atoms with Gasteiger partial charge in [-0.25, -0.2) is 13.6 Å². The number of carbonyl (C=O) groups is 4. The third-order valence-corrected chi connectivity index (χ3v) is 4.08. The Bertz CT molecular complexity index is 1030. The lowest BCUT2D eigenvalue weighted by Crippen LogP contribution is -2.29. The van der Waals surface area contributed by atoms with Crippen molar-refractivity contribution in [2.24, 2.45) is 0 Å². The Morgan fingerprint density at radius 3 is 2.46 bits per heavy atom. The third kappa shape index (κ3) is 3.44. The molecule has 1 aliphatic heterocycles. The Morgan fingerprint density at radius 2 is 1.75 bits per heavy atom. The van der Waals surface area contributed by atoms with E-state index in [1.807, 2.05) is 0 Å². The Kier molecular flexibility index (Phi) is 5.12. The van der Waals surface area contributed by atoms with E-state index in [0.717, 1.165) is 17.0 Å². The average Bonchev–Trinajstić information content (AvgIpc) is 2.92. The van der Waals surface area contributed by atoms with Gasteiger partial charge in [-0.15, -0.1) is 6.58 Å². The normalized spacial score (nSPS) is 12.7. The van der Waals surface area contributed by atoms with Gasteiger partial charge in [0.25, 0.3) is 11.8 Å². The fourth-order valence-corrected chi connectivity index (χ4v) is 2.72. The van der Waals surface area contributed by atoms with E-state index in [4.69, 9.17) is 4.74 Å². The molecule has 3 rings (SSSR count). The number of esters is 1. The van der Waals surface area contributed by atoms with Crippen molar-refractivity contribution in [2.45, 2.75) is 0 Å². The number of amides is 2. The molecule has 0 saturated carbocycles. The maximum atomic E-state index is 13.6. The van der Waals surface area contributed by atoms with Crippen LogP contribution in [0, 0.1) is 11.6 Å². The number of Topliss-reactive ketones (excluding diaryl/α,β-unsaturated/α-hetero) is 1. The number of fused-ring (bicyclic) bond motifs is 1. The van der Waals surface area contributed by atoms with Gasteiger partial charge in [-0.3, -0.25) is 19.3 Å². The minimum atomic E-state index is -0.949. The van der Waals surface area contributed by atoms with Crippen LogP contribution in [0.2, 0.25) is 0 Å². The van der Waals surface area contributed by atoms with E-state index >= 15 is 0 Å². The predicted octanol–water partition coefficient (Wildman–Crippen LogP) is 2.79. The van der Waals surface area contributed by atoms with Crippen LogP contribution in [0.4, 0.5) is 8.78 Å². The first-order chi connectivity index (χ1) is 13.3. The lowest BCUT2D eigenvalue weighted by atomic mass is 10.1. The van der Waals surface area contributed by atoms with Crippen LogP contribution in [-0.2, 0) is 4.74 Å². The summed E-state index contributed by atoms with van der Waals surface area (Å²) < 4.78 is 31.6. The first kappa shape index (κ1) is 19.1. The number of hydrogen-bond acceptors (Lipinski definition) is 5. The molecule has 0 radical (unpaired) electrons. The van der Waals surface area contributed by atoms with Crippen molar-refractivity contribution in [3.63, 3.8) is 0 Å². The van der Waals surface area contributed by atoms with Crippen LogP contribution in [0.1, 0.15) is 41.4 Å². The molecule has 28 heavy (non-hydrogen) atoms. The molecule has 0 aromatic heterocycles. The minimum absolute atomic E-state index is 0.0276. The molecular formula is C20H13F2NO5. The molecule has 2 aromatic carbocycles. The van der Waals surface area contributed by atoms with Gasteiger partial charge >= 0.3 is 5.97 Å². The van der Waals surface area contributed by atoms with Gasteiger partial charge in [0.2, 0.25) is 5.78 Å². The van der Waals surface area contributed by atoms with Crippen molar-refractivity contribution in [1.29, 1.82) is 0 Å². The number of halogens is 2. The van der Waals surface area contributed by atoms with Crippen LogP contribution >= 0.6 is 0 Å². The molecule has 0 atom stereocenters. The highest BCUT2D eigenvalue weighted by atomic mass is 19.1. The SMILES string of the molecule is C=CCN1C(=O)c2ccc(C(=O)OCC(=O)c3cc(F)ccc3F)cc2C1=O. The van der Waals surface area contributed by atoms with Crippen molar-refractivity contribution in [3.05, 3.63) is 82.9 Å². The predicted molar refractivity (Wildman–Crippen MR) is 93.0 cm³/mol. The largest absolute Gasteiger partial charge is 0.454 e. The minimum Gasteiger partial charge on any atom is -0.454 e. The van der Waals surface area contributed by atoms with Crippen molar-refractivity contribution < 1.29 is 32.7 Å². The molecule has 2 amide bonds. The smallest absolute Gasteiger partial charge is 0.338 e. The van der Waals surface area contributed by atoms with Gasteiger partial charge in [0.1, 0.15) is 11.6 Å². The number of rotatable bonds is 6. The second-order valence-corrected chi connectivity index (χ2v) is 5.89. The van der Waals surface area contributed by atoms with E-state index in [2.05, 4.69) is 6.58 Å². The summed E-state index contributed by atoms with van der Waals surface area (Å²) in [4.78, 5) is 49.5. The topological polar surface area (TPSA) is 80.8 Å². The second-order valence-electron chi connectivity index (χ2n) is 5.89. The summed E-state index contributed by atoms with van der Waals surface area (Å²) in [7, 11) is 0. The van der Waals surface area contributed by atoms with Crippen molar-refractivity contribution in [3.8, 4) is 0 Å². The van der Waals surface area contributed by atoms with Crippen LogP contribution in [0.15, 0.2) is 49.1 Å². The van der Waals surface area contributed by atoms with E-state index in [9.17, 15) is 28.0 Å². The Hall–Kier alpha value is -3.68. The van der Waals surface area contributed by atoms with Crippen molar-refractivity contribution >= 4 is 23.6 Å². The highest BCUT2D eigenvalue weighted by Gasteiger charge is 2.35. The summed E-state index contributed by atoms with van der Waals surface area (Å²) in [5.41, 5.74) is -0.430. The number of hydrogen-bond donors (Lipinski definition) is 0. The lowest BCUT2D eigenvalue weighted by Gasteiger charge is -2.09. The van der Waals surface area contributed by atoms with E-state index in [-0.39, 0.29) is 23.2 Å². The zero-order valence-electron chi connectivity index (χ0n) is 14.4. The maximum Gasteiger partial charge on any atom is 0.338 e. The molecular weight excluding hydrogens is 372 g/mol. The van der Waals surface area contributed by atoms with Crippen LogP contribution in [0.25, 0.3) is 0 Å². The number of ether oxygens (including phenoxy) is 1. The summed E-state index contributed by atoms with van der Waals surface area (Å²) in [6.45, 7) is 2.69. The molecule has 0 saturated heterocycles. The quantitative estimate of drug-likeness (QED) is 0.331. The Labute approximate surface area is 158 Å². The van der Waals surface area contributed by atoms with Crippen LogP contribution in [0.5, 0.6) is 0 Å². The number of imide groups is 1. The highest BCUT2D eigenvalue weighted by molar-refractivity contribution is 6.22. The average molecular weight is 385 g/mol. The molecule has 0 aliphatic carbocycles. The van der Waals surface area contributed by atoms with Crippen molar-refractivity contribution in [1.82, 2.24) is 4.90 Å². The van der Waals surface area contributed by atoms with Gasteiger partial charge in [-0.2, -0.15) is 0 Å². The molecule has 142 valence electrons. The summed E-state index contributed by atoms with van der Waals surface area (Å²) in [5.74, 6) is -4.69. The molecule has 0 bridgehead atoms. The number of benzene rings is 2. The summed E-state index contributed by atoms with van der Waals surface area (Å²) >= 11 is 0. The zero-order valence-corrected chi connectivity index (χ0v) is 14.4. The molecule has 0 N–H and O–H groups in total. The highest BCUT2D eigenvalue weighted by Crippen LogP contribution is 2.24. The number of carbonyl (C=O) groups excluding carboxylic acids is 4. The van der Waals surface area contributed by atoms with Gasteiger partial charge in [-0.1, -0.05) is 6.08 Å². The fourth-order valence-electron chi connectivity index (χ4n) is 2.72. The van der Waals surface area contributed by atoms with E-state index in [1.54, 1.807) is 0 Å².